The second kappa shape index (κ2) is 9.31. The second-order valence-electron chi connectivity index (χ2n) is 6.75. The maximum absolute atomic E-state index is 13.3. The van der Waals surface area contributed by atoms with Crippen molar-refractivity contribution in [1.82, 2.24) is 0 Å². The highest BCUT2D eigenvalue weighted by Gasteiger charge is 2.37. The summed E-state index contributed by atoms with van der Waals surface area (Å²) in [5, 5.41) is 6.19. The van der Waals surface area contributed by atoms with Crippen molar-refractivity contribution >= 4 is 22.9 Å². The molecule has 0 unspecified atom stereocenters. The van der Waals surface area contributed by atoms with Crippen LogP contribution in [-0.2, 0) is 31.9 Å². The van der Waals surface area contributed by atoms with Crippen LogP contribution in [0.15, 0.2) is 71.4 Å². The van der Waals surface area contributed by atoms with Crippen LogP contribution in [0.25, 0.3) is 0 Å². The average Bonchev–Trinajstić information content (AvgIpc) is 2.78. The van der Waals surface area contributed by atoms with Gasteiger partial charge >= 0.3 is 0 Å². The fourth-order valence-electron chi connectivity index (χ4n) is 3.45. The van der Waals surface area contributed by atoms with Gasteiger partial charge in [0.1, 0.15) is 11.4 Å². The molecule has 2 N–H and O–H groups in total. The van der Waals surface area contributed by atoms with Gasteiger partial charge in [0.25, 0.3) is 0 Å². The molecule has 3 rings (SSSR count). The van der Waals surface area contributed by atoms with Crippen molar-refractivity contribution in [1.29, 1.82) is 0 Å². The van der Waals surface area contributed by atoms with Crippen LogP contribution >= 0.6 is 0 Å². The van der Waals surface area contributed by atoms with Crippen LogP contribution in [0.2, 0.25) is 0 Å². The molecule has 0 aromatic heterocycles. The smallest absolute Gasteiger partial charge is 0.249 e. The molecule has 6 nitrogen and oxygen atoms in total. The molecule has 0 atom stereocenters. The molecule has 0 heterocycles. The highest BCUT2D eigenvalue weighted by atomic mass is 16.5. The van der Waals surface area contributed by atoms with Crippen molar-refractivity contribution in [2.45, 2.75) is 26.7 Å². The fourth-order valence-corrected chi connectivity index (χ4v) is 3.45. The molecule has 2 aromatic rings. The molecule has 0 bridgehead atoms. The Morgan fingerprint density at radius 2 is 1.03 bits per heavy atom. The van der Waals surface area contributed by atoms with Gasteiger partial charge < -0.3 is 20.1 Å². The lowest BCUT2D eigenvalue weighted by atomic mass is 10.00. The lowest BCUT2D eigenvalue weighted by Gasteiger charge is -2.24. The number of benzene rings is 2. The third-order valence-corrected chi connectivity index (χ3v) is 5.04. The van der Waals surface area contributed by atoms with E-state index in [-0.39, 0.29) is 22.9 Å². The number of ketones is 2. The maximum Gasteiger partial charge on any atom is 0.249 e. The summed E-state index contributed by atoms with van der Waals surface area (Å²) in [5.74, 6) is -1.00. The van der Waals surface area contributed by atoms with E-state index in [2.05, 4.69) is 10.6 Å². The van der Waals surface area contributed by atoms with E-state index in [0.29, 0.717) is 0 Å². The van der Waals surface area contributed by atoms with Gasteiger partial charge in [-0.1, -0.05) is 50.2 Å². The molecule has 0 fully saturated rings. The standard InChI is InChI=1S/C24H26N2O4/c1-5-15-11-7-9-13-17(15)25-19-21(27)24(30-4)20(22(28)23(19)29-3)26-18-14-10-8-12-16(18)6-2/h7-14,25-26H,5-6H2,1-4H3. The normalized spacial score (nSPS) is 14.1. The first-order chi connectivity index (χ1) is 14.5. The largest absolute Gasteiger partial charge is 0.491 e. The Morgan fingerprint density at radius 1 is 0.667 bits per heavy atom. The number of hydrogen-bond acceptors (Lipinski definition) is 6. The number of nitrogens with one attached hydrogen (secondary N) is 2. The summed E-state index contributed by atoms with van der Waals surface area (Å²) in [6.45, 7) is 4.04. The maximum atomic E-state index is 13.3. The van der Waals surface area contributed by atoms with Gasteiger partial charge in [-0.05, 0) is 36.1 Å². The molecule has 156 valence electrons. The molecule has 0 aliphatic heterocycles. The van der Waals surface area contributed by atoms with Crippen LogP contribution in [-0.4, -0.2) is 25.8 Å². The van der Waals surface area contributed by atoms with Crippen LogP contribution < -0.4 is 10.6 Å². The molecule has 1 aliphatic carbocycles. The molecule has 0 spiro atoms. The van der Waals surface area contributed by atoms with E-state index in [1.165, 1.54) is 14.2 Å². The number of hydrogen-bond donors (Lipinski definition) is 2. The third kappa shape index (κ3) is 3.94. The second-order valence-corrected chi connectivity index (χ2v) is 6.75. The first kappa shape index (κ1) is 21.2. The molecule has 0 amide bonds. The number of Topliss-reactive ketones (excluding diaryl/α,β-unsaturated/α-hetero) is 2. The molecular weight excluding hydrogens is 380 g/mol. The Balaban J connectivity index is 2.03. The highest BCUT2D eigenvalue weighted by molar-refractivity contribution is 6.25. The van der Waals surface area contributed by atoms with Crippen molar-refractivity contribution < 1.29 is 19.1 Å². The summed E-state index contributed by atoms with van der Waals surface area (Å²) in [4.78, 5) is 26.5. The van der Waals surface area contributed by atoms with Crippen molar-refractivity contribution in [3.8, 4) is 0 Å². The van der Waals surface area contributed by atoms with Crippen LogP contribution in [0, 0.1) is 0 Å². The topological polar surface area (TPSA) is 76.7 Å². The zero-order chi connectivity index (χ0) is 21.7. The van der Waals surface area contributed by atoms with Crippen LogP contribution in [0.3, 0.4) is 0 Å². The monoisotopic (exact) mass is 406 g/mol. The number of aryl methyl sites for hydroxylation is 2. The van der Waals surface area contributed by atoms with Gasteiger partial charge in [0.2, 0.25) is 11.6 Å². The Morgan fingerprint density at radius 3 is 1.37 bits per heavy atom. The van der Waals surface area contributed by atoms with Gasteiger partial charge in [-0.15, -0.1) is 0 Å². The van der Waals surface area contributed by atoms with Crippen molar-refractivity contribution in [2.75, 3.05) is 24.9 Å². The molecule has 30 heavy (non-hydrogen) atoms. The number of ether oxygens (including phenoxy) is 2. The van der Waals surface area contributed by atoms with E-state index >= 15 is 0 Å². The number of para-hydroxylation sites is 2. The van der Waals surface area contributed by atoms with E-state index in [4.69, 9.17) is 9.47 Å². The van der Waals surface area contributed by atoms with Gasteiger partial charge in [0, 0.05) is 11.4 Å². The van der Waals surface area contributed by atoms with Crippen LogP contribution in [0.1, 0.15) is 25.0 Å². The minimum absolute atomic E-state index is 0.0526. The predicted octanol–water partition coefficient (Wildman–Crippen LogP) is 4.20. The number of rotatable bonds is 8. The van der Waals surface area contributed by atoms with E-state index in [1.54, 1.807) is 0 Å². The van der Waals surface area contributed by atoms with E-state index in [1.807, 2.05) is 62.4 Å². The summed E-state index contributed by atoms with van der Waals surface area (Å²) in [6, 6.07) is 15.2. The number of anilines is 2. The first-order valence-electron chi connectivity index (χ1n) is 9.91. The van der Waals surface area contributed by atoms with Crippen LogP contribution in [0.5, 0.6) is 0 Å². The van der Waals surface area contributed by atoms with E-state index in [0.717, 1.165) is 35.3 Å². The minimum Gasteiger partial charge on any atom is -0.491 e. The van der Waals surface area contributed by atoms with Crippen molar-refractivity contribution in [2.24, 2.45) is 0 Å². The van der Waals surface area contributed by atoms with Gasteiger partial charge in [-0.3, -0.25) is 9.59 Å². The van der Waals surface area contributed by atoms with Crippen molar-refractivity contribution in [3.05, 3.63) is 82.6 Å². The summed E-state index contributed by atoms with van der Waals surface area (Å²) in [6.07, 6.45) is 1.54. The van der Waals surface area contributed by atoms with E-state index < -0.39 is 11.6 Å². The van der Waals surface area contributed by atoms with Gasteiger partial charge in [0.05, 0.1) is 14.2 Å². The molecular formula is C24H26N2O4. The number of methoxy groups -OCH3 is 2. The SMILES string of the molecule is CCc1ccccc1NC1=C(OC)C(=O)C(Nc2ccccc2CC)=C(OC)C1=O. The predicted molar refractivity (Wildman–Crippen MR) is 117 cm³/mol. The van der Waals surface area contributed by atoms with Crippen LogP contribution in [0.4, 0.5) is 11.4 Å². The van der Waals surface area contributed by atoms with Gasteiger partial charge in [-0.2, -0.15) is 0 Å². The van der Waals surface area contributed by atoms with E-state index in [9.17, 15) is 9.59 Å². The first-order valence-corrected chi connectivity index (χ1v) is 9.91. The third-order valence-electron chi connectivity index (χ3n) is 5.04. The molecule has 0 radical (unpaired) electrons. The number of carbonyl (C=O) groups excluding carboxylic acids is 2. The Kier molecular flexibility index (Phi) is 6.57. The quantitative estimate of drug-likeness (QED) is 0.640. The highest BCUT2D eigenvalue weighted by Crippen LogP contribution is 2.30. The average molecular weight is 406 g/mol. The summed E-state index contributed by atoms with van der Waals surface area (Å²) < 4.78 is 10.7. The zero-order valence-electron chi connectivity index (χ0n) is 17.7. The lowest BCUT2D eigenvalue weighted by Crippen LogP contribution is -2.32. The molecule has 6 heteroatoms. The summed E-state index contributed by atoms with van der Waals surface area (Å²) in [7, 11) is 2.76. The van der Waals surface area contributed by atoms with Gasteiger partial charge in [0.15, 0.2) is 11.5 Å². The Hall–Kier alpha value is -3.54. The lowest BCUT2D eigenvalue weighted by molar-refractivity contribution is -0.120. The molecule has 2 aromatic carbocycles. The van der Waals surface area contributed by atoms with Crippen molar-refractivity contribution in [3.63, 3.8) is 0 Å². The summed E-state index contributed by atoms with van der Waals surface area (Å²) in [5.41, 5.74) is 3.65. The number of carbonyl (C=O) groups is 2. The van der Waals surface area contributed by atoms with Gasteiger partial charge in [-0.25, -0.2) is 0 Å². The molecule has 0 saturated heterocycles. The zero-order valence-corrected chi connectivity index (χ0v) is 17.7. The molecule has 1 aliphatic rings. The Bertz CT molecular complexity index is 954. The minimum atomic E-state index is -0.448. The Labute approximate surface area is 176 Å². The summed E-state index contributed by atoms with van der Waals surface area (Å²) >= 11 is 0. The molecule has 0 saturated carbocycles. The fraction of sp³-hybridized carbons (Fsp3) is 0.250.